The van der Waals surface area contributed by atoms with Crippen LogP contribution >= 0.6 is 0 Å². The van der Waals surface area contributed by atoms with Crippen molar-refractivity contribution < 1.29 is 19.1 Å². The number of urea groups is 1. The van der Waals surface area contributed by atoms with Crippen LogP contribution < -0.4 is 14.8 Å². The van der Waals surface area contributed by atoms with Gasteiger partial charge in [0.1, 0.15) is 17.0 Å². The van der Waals surface area contributed by atoms with Crippen LogP contribution in [0, 0.1) is 0 Å². The molecule has 2 aromatic carbocycles. The molecule has 154 valence electrons. The average molecular weight is 396 g/mol. The van der Waals surface area contributed by atoms with Gasteiger partial charge in [-0.15, -0.1) is 0 Å². The van der Waals surface area contributed by atoms with E-state index in [9.17, 15) is 9.59 Å². The Morgan fingerprint density at radius 2 is 1.55 bits per heavy atom. The molecule has 1 atom stereocenters. The van der Waals surface area contributed by atoms with E-state index in [1.165, 1.54) is 4.90 Å². The van der Waals surface area contributed by atoms with E-state index in [-0.39, 0.29) is 24.6 Å². The Morgan fingerprint density at radius 1 is 0.966 bits per heavy atom. The van der Waals surface area contributed by atoms with Crippen LogP contribution in [0.4, 0.5) is 4.79 Å². The molecule has 1 saturated heterocycles. The molecule has 1 fully saturated rings. The maximum Gasteiger partial charge on any atom is 0.325 e. The van der Waals surface area contributed by atoms with Gasteiger partial charge in [0.05, 0.1) is 19.8 Å². The molecule has 3 amide bonds. The number of hydrogen-bond donors (Lipinski definition) is 1. The van der Waals surface area contributed by atoms with Crippen LogP contribution in [0.5, 0.6) is 11.5 Å². The van der Waals surface area contributed by atoms with Gasteiger partial charge < -0.3 is 14.8 Å². The minimum absolute atomic E-state index is 0.0956. The fourth-order valence-corrected chi connectivity index (χ4v) is 3.37. The molecule has 6 nitrogen and oxygen atoms in total. The van der Waals surface area contributed by atoms with Gasteiger partial charge in [-0.1, -0.05) is 24.3 Å². The molecule has 0 spiro atoms. The van der Waals surface area contributed by atoms with Gasteiger partial charge >= 0.3 is 6.03 Å². The number of carbonyl (C=O) groups is 2. The summed E-state index contributed by atoms with van der Waals surface area (Å²) in [4.78, 5) is 26.7. The number of hydrogen-bond acceptors (Lipinski definition) is 4. The zero-order valence-electron chi connectivity index (χ0n) is 17.4. The highest BCUT2D eigenvalue weighted by molar-refractivity contribution is 6.06. The number of ether oxygens (including phenoxy) is 2. The minimum Gasteiger partial charge on any atom is -0.497 e. The Bertz CT molecular complexity index is 861. The number of aryl methyl sites for hydroxylation is 1. The number of carbonyl (C=O) groups excluding carboxylic acids is 2. The van der Waals surface area contributed by atoms with Crippen molar-refractivity contribution in [2.24, 2.45) is 0 Å². The molecule has 0 saturated carbocycles. The number of amides is 3. The van der Waals surface area contributed by atoms with E-state index in [1.54, 1.807) is 14.0 Å². The number of methoxy groups -OCH3 is 1. The van der Waals surface area contributed by atoms with E-state index in [2.05, 4.69) is 5.32 Å². The summed E-state index contributed by atoms with van der Waals surface area (Å²) in [6, 6.07) is 14.9. The monoisotopic (exact) mass is 396 g/mol. The van der Waals surface area contributed by atoms with Crippen LogP contribution in [0.2, 0.25) is 0 Å². The number of nitrogens with one attached hydrogen (secondary N) is 1. The highest BCUT2D eigenvalue weighted by atomic mass is 16.5. The van der Waals surface area contributed by atoms with Gasteiger partial charge in [-0.05, 0) is 69.0 Å². The Labute approximate surface area is 171 Å². The lowest BCUT2D eigenvalue weighted by molar-refractivity contribution is -0.131. The van der Waals surface area contributed by atoms with Gasteiger partial charge in [0.15, 0.2) is 0 Å². The Morgan fingerprint density at radius 3 is 2.14 bits per heavy atom. The first kappa shape index (κ1) is 20.7. The van der Waals surface area contributed by atoms with Crippen molar-refractivity contribution in [1.29, 1.82) is 0 Å². The summed E-state index contributed by atoms with van der Waals surface area (Å²) in [5.74, 6) is 1.37. The second kappa shape index (κ2) is 8.55. The fraction of sp³-hybridized carbons (Fsp3) is 0.391. The Kier molecular flexibility index (Phi) is 6.11. The molecule has 29 heavy (non-hydrogen) atoms. The van der Waals surface area contributed by atoms with Crippen molar-refractivity contribution in [2.75, 3.05) is 7.11 Å². The third kappa shape index (κ3) is 4.88. The first-order valence-electron chi connectivity index (χ1n) is 9.83. The molecule has 3 rings (SSSR count). The molecule has 0 aromatic heterocycles. The normalized spacial score (nSPS) is 18.9. The number of imide groups is 1. The molecule has 0 radical (unpaired) electrons. The molecule has 0 bridgehead atoms. The highest BCUT2D eigenvalue weighted by Crippen LogP contribution is 2.26. The van der Waals surface area contributed by atoms with E-state index in [1.807, 2.05) is 62.4 Å². The Balaban J connectivity index is 1.63. The van der Waals surface area contributed by atoms with Gasteiger partial charge in [-0.25, -0.2) is 4.79 Å². The van der Waals surface area contributed by atoms with Crippen LogP contribution in [-0.2, 0) is 17.8 Å². The first-order valence-corrected chi connectivity index (χ1v) is 9.83. The molecular weight excluding hydrogens is 368 g/mol. The Hall–Kier alpha value is -3.02. The SMILES string of the molecule is COc1ccc(CCC2(C)NC(=O)N(Cc3ccc(OC(C)C)cc3)C2=O)cc1. The smallest absolute Gasteiger partial charge is 0.325 e. The minimum atomic E-state index is -0.905. The van der Waals surface area contributed by atoms with Crippen LogP contribution in [0.3, 0.4) is 0 Å². The topological polar surface area (TPSA) is 67.9 Å². The van der Waals surface area contributed by atoms with Crippen LogP contribution in [0.1, 0.15) is 38.3 Å². The lowest BCUT2D eigenvalue weighted by atomic mass is 9.93. The zero-order valence-corrected chi connectivity index (χ0v) is 17.4. The van der Waals surface area contributed by atoms with E-state index < -0.39 is 5.54 Å². The van der Waals surface area contributed by atoms with E-state index in [4.69, 9.17) is 9.47 Å². The predicted molar refractivity (Wildman–Crippen MR) is 111 cm³/mol. The average Bonchev–Trinajstić information content (AvgIpc) is 2.91. The van der Waals surface area contributed by atoms with Gasteiger partial charge in [0.25, 0.3) is 5.91 Å². The van der Waals surface area contributed by atoms with Crippen molar-refractivity contribution in [3.63, 3.8) is 0 Å². The van der Waals surface area contributed by atoms with Gasteiger partial charge in [-0.3, -0.25) is 9.69 Å². The predicted octanol–water partition coefficient (Wildman–Crippen LogP) is 3.93. The summed E-state index contributed by atoms with van der Waals surface area (Å²) in [5.41, 5.74) is 1.06. The summed E-state index contributed by atoms with van der Waals surface area (Å²) >= 11 is 0. The molecule has 1 aliphatic heterocycles. The fourth-order valence-electron chi connectivity index (χ4n) is 3.37. The second-order valence-electron chi connectivity index (χ2n) is 7.81. The summed E-state index contributed by atoms with van der Waals surface area (Å²) in [5, 5.41) is 2.87. The third-order valence-electron chi connectivity index (χ3n) is 5.05. The number of rotatable bonds is 8. The lowest BCUT2D eigenvalue weighted by Gasteiger charge is -2.22. The van der Waals surface area contributed by atoms with Crippen LogP contribution in [0.15, 0.2) is 48.5 Å². The van der Waals surface area contributed by atoms with Crippen molar-refractivity contribution in [1.82, 2.24) is 10.2 Å². The summed E-state index contributed by atoms with van der Waals surface area (Å²) in [7, 11) is 1.63. The molecule has 1 aliphatic rings. The lowest BCUT2D eigenvalue weighted by Crippen LogP contribution is -2.44. The molecule has 1 unspecified atom stereocenters. The number of nitrogens with zero attached hydrogens (tertiary/aromatic N) is 1. The summed E-state index contributed by atoms with van der Waals surface area (Å²) < 4.78 is 10.8. The third-order valence-corrected chi connectivity index (χ3v) is 5.05. The molecule has 1 N–H and O–H groups in total. The standard InChI is InChI=1S/C23H28N2O4/c1-16(2)29-20-11-7-18(8-12-20)15-25-21(26)23(3,24-22(25)27)14-13-17-5-9-19(28-4)10-6-17/h5-12,16H,13-15H2,1-4H3,(H,24,27). The molecule has 1 heterocycles. The summed E-state index contributed by atoms with van der Waals surface area (Å²) in [6.45, 7) is 5.96. The maximum atomic E-state index is 13.0. The molecule has 2 aromatic rings. The molecule has 6 heteroatoms. The quantitative estimate of drug-likeness (QED) is 0.687. The van der Waals surface area contributed by atoms with E-state index in [0.29, 0.717) is 12.8 Å². The van der Waals surface area contributed by atoms with Crippen molar-refractivity contribution in [3.05, 3.63) is 59.7 Å². The maximum absolute atomic E-state index is 13.0. The molecule has 0 aliphatic carbocycles. The van der Waals surface area contributed by atoms with Gasteiger partial charge in [-0.2, -0.15) is 0 Å². The second-order valence-corrected chi connectivity index (χ2v) is 7.81. The first-order chi connectivity index (χ1) is 13.8. The van der Waals surface area contributed by atoms with Crippen molar-refractivity contribution in [2.45, 2.75) is 51.8 Å². The largest absolute Gasteiger partial charge is 0.497 e. The van der Waals surface area contributed by atoms with E-state index in [0.717, 1.165) is 22.6 Å². The van der Waals surface area contributed by atoms with E-state index >= 15 is 0 Å². The van der Waals surface area contributed by atoms with Crippen LogP contribution in [-0.4, -0.2) is 35.6 Å². The highest BCUT2D eigenvalue weighted by Gasteiger charge is 2.47. The zero-order chi connectivity index (χ0) is 21.0. The molecular formula is C23H28N2O4. The summed E-state index contributed by atoms with van der Waals surface area (Å²) in [6.07, 6.45) is 1.31. The van der Waals surface area contributed by atoms with Crippen molar-refractivity contribution >= 4 is 11.9 Å². The number of benzene rings is 2. The van der Waals surface area contributed by atoms with Gasteiger partial charge in [0.2, 0.25) is 0 Å². The van der Waals surface area contributed by atoms with Crippen molar-refractivity contribution in [3.8, 4) is 11.5 Å². The van der Waals surface area contributed by atoms with Gasteiger partial charge in [0, 0.05) is 0 Å². The van der Waals surface area contributed by atoms with Crippen LogP contribution in [0.25, 0.3) is 0 Å².